The van der Waals surface area contributed by atoms with E-state index >= 15 is 0 Å². The third-order valence-electron chi connectivity index (χ3n) is 16.5. The van der Waals surface area contributed by atoms with Gasteiger partial charge in [-0.25, -0.2) is 9.86 Å². The fraction of sp³-hybridized carbons (Fsp3) is 0.702. The number of piperidine rings is 1. The van der Waals surface area contributed by atoms with E-state index in [4.69, 9.17) is 28.5 Å². The van der Waals surface area contributed by atoms with Crippen LogP contribution >= 0.6 is 0 Å². The van der Waals surface area contributed by atoms with E-state index < -0.39 is 90.0 Å². The highest BCUT2D eigenvalue weighted by Gasteiger charge is 2.53. The van der Waals surface area contributed by atoms with Crippen LogP contribution in [-0.4, -0.2) is 144 Å². The van der Waals surface area contributed by atoms with Crippen LogP contribution in [0, 0.1) is 35.5 Å². The number of Topliss-reactive ketones (excluding diaryl/α,β-unsaturated/α-hetero) is 3. The molecule has 0 spiro atoms. The van der Waals surface area contributed by atoms with Crippen LogP contribution in [0.2, 0.25) is 0 Å². The quantitative estimate of drug-likeness (QED) is 0.146. The minimum atomic E-state index is -2.47. The molecule has 16 nitrogen and oxygen atoms in total. The molecule has 5 heterocycles. The molecule has 1 aliphatic carbocycles. The number of para-hydroxylation sites is 1. The predicted molar refractivity (Wildman–Crippen MR) is 274 cm³/mol. The van der Waals surface area contributed by atoms with Crippen molar-refractivity contribution < 1.29 is 67.8 Å². The Balaban J connectivity index is 1.35. The van der Waals surface area contributed by atoms with Crippen molar-refractivity contribution in [3.8, 4) is 0 Å². The van der Waals surface area contributed by atoms with Crippen LogP contribution in [0.15, 0.2) is 65.8 Å². The Morgan fingerprint density at radius 3 is 2.23 bits per heavy atom. The number of esters is 1. The van der Waals surface area contributed by atoms with Crippen LogP contribution in [0.5, 0.6) is 0 Å². The van der Waals surface area contributed by atoms with Gasteiger partial charge in [0.15, 0.2) is 5.78 Å². The van der Waals surface area contributed by atoms with E-state index in [9.17, 15) is 39.3 Å². The Bertz CT molecular complexity index is 2150. The zero-order chi connectivity index (χ0) is 53.3. The maximum absolute atomic E-state index is 14.5. The second kappa shape index (κ2) is 26.1. The van der Waals surface area contributed by atoms with Crippen molar-refractivity contribution in [1.29, 1.82) is 0 Å². The van der Waals surface area contributed by atoms with Crippen molar-refractivity contribution in [2.24, 2.45) is 35.5 Å². The summed E-state index contributed by atoms with van der Waals surface area (Å²) in [6, 6.07) is 8.24. The van der Waals surface area contributed by atoms with Gasteiger partial charge in [0.25, 0.3) is 11.7 Å². The van der Waals surface area contributed by atoms with E-state index in [1.165, 1.54) is 12.0 Å². The highest BCUT2D eigenvalue weighted by Crippen LogP contribution is 2.39. The summed E-state index contributed by atoms with van der Waals surface area (Å²) in [5, 5.41) is 36.2. The Kier molecular flexibility index (Phi) is 20.8. The van der Waals surface area contributed by atoms with Gasteiger partial charge in [-0.15, -0.1) is 0 Å². The standard InChI is InChI=1S/C57H84N2O14/c1-33-26-37(5)51(62)53(70-10)52(63)38(6)27-34(2)47(61)32-49(35(3)28-40-20-24-46(60)50(30-40)69-9)71-56(66)45-18-14-15-25-58(45)55(65)54(64)57(67)39(7)19-21-42(72-57)31-48(68-8)36(4)29-43-22-23-44(33)59(73-43)41-16-12-11-13-17-41/h11-13,16-17,22-23,27,29,33-35,37,39-40,42-46,48-50,52-53,60,63,67H,14-15,18-21,24-26,28,30-32H2,1-10H3/b36-29?,38-27+/t33-,34+,35+,37+,39+,40-,42-,43+,44?,45?,46+,48-,49-,50+,52+,53-,57+/m0/s1. The Hall–Kier alpha value is -4.13. The number of methoxy groups -OCH3 is 3. The summed E-state index contributed by atoms with van der Waals surface area (Å²) in [6.45, 7) is 12.8. The topological polar surface area (TPSA) is 208 Å². The van der Waals surface area contributed by atoms with Gasteiger partial charge in [-0.2, -0.15) is 0 Å². The fourth-order valence-corrected chi connectivity index (χ4v) is 11.8. The third kappa shape index (κ3) is 14.0. The van der Waals surface area contributed by atoms with Gasteiger partial charge in [0.1, 0.15) is 36.2 Å². The van der Waals surface area contributed by atoms with Crippen molar-refractivity contribution in [1.82, 2.24) is 4.90 Å². The molecule has 2 unspecified atom stereocenters. The van der Waals surface area contributed by atoms with Gasteiger partial charge in [-0.05, 0) is 125 Å². The summed E-state index contributed by atoms with van der Waals surface area (Å²) in [4.78, 5) is 79.7. The smallest absolute Gasteiger partial charge is 0.329 e. The first-order chi connectivity index (χ1) is 34.7. The summed E-state index contributed by atoms with van der Waals surface area (Å²) in [6.07, 6.45) is 6.48. The maximum atomic E-state index is 14.5. The number of carbonyl (C=O) groups is 5. The van der Waals surface area contributed by atoms with Crippen LogP contribution in [-0.2, 0) is 52.5 Å². The number of benzene rings is 1. The van der Waals surface area contributed by atoms with Gasteiger partial charge in [0.2, 0.25) is 5.79 Å². The molecule has 16 heteroatoms. The summed E-state index contributed by atoms with van der Waals surface area (Å²) in [5.74, 6) is -8.42. The fourth-order valence-electron chi connectivity index (χ4n) is 11.8. The molecule has 1 aromatic rings. The summed E-state index contributed by atoms with van der Waals surface area (Å²) in [7, 11) is 4.53. The highest BCUT2D eigenvalue weighted by molar-refractivity contribution is 6.39. The number of hydrogen-bond acceptors (Lipinski definition) is 15. The number of aliphatic hydroxyl groups is 3. The molecule has 6 aliphatic rings. The van der Waals surface area contributed by atoms with E-state index in [-0.39, 0.29) is 67.3 Å². The number of amides is 1. The van der Waals surface area contributed by atoms with Crippen molar-refractivity contribution in [3.05, 3.63) is 65.8 Å². The van der Waals surface area contributed by atoms with E-state index in [2.05, 4.69) is 13.0 Å². The molecule has 73 heavy (non-hydrogen) atoms. The van der Waals surface area contributed by atoms with Crippen molar-refractivity contribution >= 4 is 34.9 Å². The molecule has 1 amide bonds. The molecular weight excluding hydrogens is 937 g/mol. The number of nitrogens with zero attached hydrogens (tertiary/aromatic N) is 2. The molecule has 0 radical (unpaired) electrons. The second-order valence-corrected chi connectivity index (χ2v) is 21.9. The lowest BCUT2D eigenvalue weighted by Crippen LogP contribution is -2.61. The zero-order valence-corrected chi connectivity index (χ0v) is 44.9. The molecule has 7 rings (SSSR count). The number of carbonyl (C=O) groups excluding carboxylic acids is 5. The molecule has 406 valence electrons. The Morgan fingerprint density at radius 2 is 1.55 bits per heavy atom. The minimum absolute atomic E-state index is 0.0716. The lowest BCUT2D eigenvalue weighted by Gasteiger charge is -2.43. The molecule has 3 N–H and O–H groups in total. The highest BCUT2D eigenvalue weighted by atomic mass is 16.7. The first-order valence-electron chi connectivity index (χ1n) is 26.7. The van der Waals surface area contributed by atoms with Crippen molar-refractivity contribution in [2.75, 3.05) is 32.9 Å². The van der Waals surface area contributed by atoms with Gasteiger partial charge in [-0.3, -0.25) is 24.0 Å². The number of ether oxygens (including phenoxy) is 5. The van der Waals surface area contributed by atoms with Gasteiger partial charge < -0.3 is 43.9 Å². The number of anilines is 1. The first-order valence-corrected chi connectivity index (χ1v) is 26.7. The lowest BCUT2D eigenvalue weighted by atomic mass is 9.78. The third-order valence-corrected chi connectivity index (χ3v) is 16.5. The molecule has 2 saturated heterocycles. The van der Waals surface area contributed by atoms with Crippen LogP contribution in [0.4, 0.5) is 5.69 Å². The number of ketones is 3. The molecule has 0 aromatic heterocycles. The molecule has 1 aromatic carbocycles. The molecule has 4 bridgehead atoms. The Labute approximate surface area is 432 Å². The number of aliphatic hydroxyl groups excluding tert-OH is 2. The van der Waals surface area contributed by atoms with Gasteiger partial charge in [0.05, 0.1) is 36.1 Å². The molecule has 1 saturated carbocycles. The van der Waals surface area contributed by atoms with Crippen LogP contribution in [0.25, 0.3) is 0 Å². The number of rotatable bonds is 7. The zero-order valence-electron chi connectivity index (χ0n) is 44.9. The summed E-state index contributed by atoms with van der Waals surface area (Å²) in [5.41, 5.74) is 2.00. The van der Waals surface area contributed by atoms with Crippen LogP contribution < -0.4 is 5.06 Å². The van der Waals surface area contributed by atoms with E-state index in [1.807, 2.05) is 68.3 Å². The van der Waals surface area contributed by atoms with Crippen LogP contribution in [0.3, 0.4) is 0 Å². The van der Waals surface area contributed by atoms with E-state index in [0.29, 0.717) is 63.4 Å². The average molecular weight is 1020 g/mol. The molecule has 17 atom stereocenters. The largest absolute Gasteiger partial charge is 0.460 e. The second-order valence-electron chi connectivity index (χ2n) is 21.9. The van der Waals surface area contributed by atoms with Gasteiger partial charge >= 0.3 is 5.97 Å². The number of fused-ring (bicyclic) bond motifs is 16. The normalized spacial score (nSPS) is 38.5. The Morgan fingerprint density at radius 1 is 0.822 bits per heavy atom. The van der Waals surface area contributed by atoms with Crippen molar-refractivity contribution in [3.63, 3.8) is 0 Å². The maximum Gasteiger partial charge on any atom is 0.329 e. The van der Waals surface area contributed by atoms with Gasteiger partial charge in [0, 0.05) is 58.5 Å². The number of allylic oxidation sites excluding steroid dienone is 1. The van der Waals surface area contributed by atoms with Crippen molar-refractivity contribution in [2.45, 2.75) is 192 Å². The molecular formula is C57H84N2O14. The van der Waals surface area contributed by atoms with Crippen LogP contribution in [0.1, 0.15) is 126 Å². The summed E-state index contributed by atoms with van der Waals surface area (Å²) >= 11 is 0. The lowest BCUT2D eigenvalue weighted by molar-refractivity contribution is -0.265. The molecule has 3 fully saturated rings. The minimum Gasteiger partial charge on any atom is -0.460 e. The number of hydrogen-bond donors (Lipinski definition) is 3. The van der Waals surface area contributed by atoms with E-state index in [1.54, 1.807) is 41.1 Å². The summed E-state index contributed by atoms with van der Waals surface area (Å²) < 4.78 is 29.9. The van der Waals surface area contributed by atoms with Gasteiger partial charge in [-0.1, -0.05) is 71.0 Å². The average Bonchev–Trinajstić information content (AvgIpc) is 3.38. The number of hydroxylamine groups is 1. The first kappa shape index (κ1) is 58.1. The SMILES string of the molecule is CO[C@H]1C[C@@H]2CC[C@@H](C)[C@@](O)(O2)C(=O)C(=O)N2CCCCC2C(=O)O[C@H]([C@H](C)C[C@@H]2CC[C@@H](O)[C@H](OC)C2)CC(=O)[C@H](C)/C=C(\C)[C@@H](O)[C@@H](OC)C(=O)[C@H](C)C[C@H](C)C2C=C[C@H](C=C1C)ON2c1ccccc1. The monoisotopic (exact) mass is 1020 g/mol. The predicted octanol–water partition coefficient (Wildman–Crippen LogP) is 6.81. The molecule has 5 aliphatic heterocycles. The van der Waals surface area contributed by atoms with E-state index in [0.717, 1.165) is 11.3 Å².